The average molecular weight is 255 g/mol. The van der Waals surface area contributed by atoms with Gasteiger partial charge in [-0.15, -0.1) is 0 Å². The second-order valence-corrected chi connectivity index (χ2v) is 5.13. The fourth-order valence-electron chi connectivity index (χ4n) is 2.37. The van der Waals surface area contributed by atoms with Crippen molar-refractivity contribution in [3.05, 3.63) is 41.7 Å². The molecule has 0 aliphatic rings. The van der Waals surface area contributed by atoms with Crippen molar-refractivity contribution in [3.8, 4) is 11.3 Å². The number of hydrogen-bond donors (Lipinski definition) is 1. The molecule has 100 valence electrons. The van der Waals surface area contributed by atoms with Crippen molar-refractivity contribution in [1.29, 1.82) is 0 Å². The molecule has 3 heteroatoms. The minimum absolute atomic E-state index is 0.311. The first-order chi connectivity index (χ1) is 9.13. The summed E-state index contributed by atoms with van der Waals surface area (Å²) in [5.41, 5.74) is 10.5. The summed E-state index contributed by atoms with van der Waals surface area (Å²) >= 11 is 0. The van der Waals surface area contributed by atoms with Crippen LogP contribution in [0.4, 0.5) is 5.82 Å². The Hall–Kier alpha value is -1.90. The highest BCUT2D eigenvalue weighted by Crippen LogP contribution is 2.30. The van der Waals surface area contributed by atoms with Gasteiger partial charge in [0, 0.05) is 11.1 Å². The zero-order valence-electron chi connectivity index (χ0n) is 11.9. The van der Waals surface area contributed by atoms with Crippen LogP contribution in [0.25, 0.3) is 11.3 Å². The molecular weight excluding hydrogens is 234 g/mol. The van der Waals surface area contributed by atoms with E-state index in [1.54, 1.807) is 6.33 Å². The number of anilines is 1. The zero-order chi connectivity index (χ0) is 13.8. The minimum Gasteiger partial charge on any atom is -0.383 e. The van der Waals surface area contributed by atoms with Gasteiger partial charge in [0.2, 0.25) is 0 Å². The highest BCUT2D eigenvalue weighted by Gasteiger charge is 2.14. The smallest absolute Gasteiger partial charge is 0.130 e. The quantitative estimate of drug-likeness (QED) is 0.904. The van der Waals surface area contributed by atoms with Crippen LogP contribution in [-0.2, 0) is 6.42 Å². The molecule has 0 atom stereocenters. The molecule has 0 unspecified atom stereocenters. The van der Waals surface area contributed by atoms with Crippen molar-refractivity contribution in [1.82, 2.24) is 9.97 Å². The molecule has 0 fully saturated rings. The molecule has 0 bridgehead atoms. The van der Waals surface area contributed by atoms with Crippen molar-refractivity contribution in [2.24, 2.45) is 0 Å². The molecular formula is C16H21N3. The molecule has 2 N–H and O–H groups in total. The van der Waals surface area contributed by atoms with Crippen LogP contribution in [0.2, 0.25) is 0 Å². The highest BCUT2D eigenvalue weighted by molar-refractivity contribution is 5.68. The van der Waals surface area contributed by atoms with Crippen LogP contribution in [0.15, 0.2) is 30.6 Å². The van der Waals surface area contributed by atoms with E-state index < -0.39 is 0 Å². The maximum Gasteiger partial charge on any atom is 0.130 e. The molecule has 19 heavy (non-hydrogen) atoms. The summed E-state index contributed by atoms with van der Waals surface area (Å²) in [7, 11) is 0. The summed E-state index contributed by atoms with van der Waals surface area (Å²) in [4.78, 5) is 8.55. The Bertz CT molecular complexity index is 562. The number of nitrogens with two attached hydrogens (primary N) is 1. The molecule has 1 aromatic carbocycles. The molecule has 3 nitrogen and oxygen atoms in total. The van der Waals surface area contributed by atoms with E-state index in [-0.39, 0.29) is 0 Å². The molecule has 0 saturated heterocycles. The van der Waals surface area contributed by atoms with Crippen LogP contribution >= 0.6 is 0 Å². The molecule has 0 spiro atoms. The van der Waals surface area contributed by atoms with Gasteiger partial charge in [-0.1, -0.05) is 45.4 Å². The first kappa shape index (κ1) is 13.5. The van der Waals surface area contributed by atoms with Crippen molar-refractivity contribution in [3.63, 3.8) is 0 Å². The first-order valence-corrected chi connectivity index (χ1v) is 6.83. The maximum atomic E-state index is 6.01. The van der Waals surface area contributed by atoms with Crippen LogP contribution in [-0.4, -0.2) is 9.97 Å². The second-order valence-electron chi connectivity index (χ2n) is 5.13. The Morgan fingerprint density at radius 3 is 2.68 bits per heavy atom. The molecule has 0 aliphatic heterocycles. The number of hydrogen-bond acceptors (Lipinski definition) is 3. The van der Waals surface area contributed by atoms with Crippen molar-refractivity contribution in [2.75, 3.05) is 5.73 Å². The maximum absolute atomic E-state index is 6.01. The van der Waals surface area contributed by atoms with Gasteiger partial charge in [0.1, 0.15) is 12.1 Å². The Kier molecular flexibility index (Phi) is 4.15. The van der Waals surface area contributed by atoms with Gasteiger partial charge in [-0.2, -0.15) is 0 Å². The van der Waals surface area contributed by atoms with E-state index >= 15 is 0 Å². The van der Waals surface area contributed by atoms with Gasteiger partial charge in [-0.25, -0.2) is 9.97 Å². The van der Waals surface area contributed by atoms with E-state index in [2.05, 4.69) is 55.0 Å². The van der Waals surface area contributed by atoms with Crippen LogP contribution in [0.3, 0.4) is 0 Å². The van der Waals surface area contributed by atoms with E-state index in [1.807, 2.05) is 0 Å². The summed E-state index contributed by atoms with van der Waals surface area (Å²) in [5.74, 6) is 0.895. The lowest BCUT2D eigenvalue weighted by atomic mass is 9.96. The summed E-state index contributed by atoms with van der Waals surface area (Å²) < 4.78 is 0. The Labute approximate surface area is 114 Å². The molecule has 2 rings (SSSR count). The number of benzene rings is 1. The van der Waals surface area contributed by atoms with Crippen molar-refractivity contribution >= 4 is 5.82 Å². The van der Waals surface area contributed by atoms with E-state index in [9.17, 15) is 0 Å². The molecule has 0 amide bonds. The van der Waals surface area contributed by atoms with Crippen LogP contribution < -0.4 is 5.73 Å². The van der Waals surface area contributed by atoms with E-state index in [4.69, 9.17) is 5.73 Å². The molecule has 1 aromatic heterocycles. The number of aryl methyl sites for hydroxylation is 1. The fourth-order valence-corrected chi connectivity index (χ4v) is 2.37. The number of nitrogens with zero attached hydrogens (tertiary/aromatic N) is 2. The lowest BCUT2D eigenvalue weighted by Crippen LogP contribution is -2.04. The summed E-state index contributed by atoms with van der Waals surface area (Å²) in [6, 6.07) is 8.54. The topological polar surface area (TPSA) is 51.8 Å². The van der Waals surface area contributed by atoms with Gasteiger partial charge in [0.25, 0.3) is 0 Å². The van der Waals surface area contributed by atoms with Crippen LogP contribution in [0.5, 0.6) is 0 Å². The Morgan fingerprint density at radius 1 is 1.21 bits per heavy atom. The largest absolute Gasteiger partial charge is 0.383 e. The van der Waals surface area contributed by atoms with E-state index in [0.717, 1.165) is 29.7 Å². The average Bonchev–Trinajstić information content (AvgIpc) is 2.38. The van der Waals surface area contributed by atoms with Gasteiger partial charge >= 0.3 is 0 Å². The SMILES string of the molecule is CCCc1cccc(-c2ncnc(N)c2C(C)C)c1. The molecule has 1 heterocycles. The van der Waals surface area contributed by atoms with Crippen molar-refractivity contribution < 1.29 is 0 Å². The number of nitrogen functional groups attached to an aromatic ring is 1. The summed E-state index contributed by atoms with van der Waals surface area (Å²) in [6.45, 7) is 6.43. The highest BCUT2D eigenvalue weighted by atomic mass is 14.9. The molecule has 0 saturated carbocycles. The molecule has 0 radical (unpaired) electrons. The lowest BCUT2D eigenvalue weighted by Gasteiger charge is -2.14. The van der Waals surface area contributed by atoms with Gasteiger partial charge in [-0.05, 0) is 24.0 Å². The van der Waals surface area contributed by atoms with E-state index in [0.29, 0.717) is 11.7 Å². The number of aromatic nitrogens is 2. The number of rotatable bonds is 4. The minimum atomic E-state index is 0.311. The standard InChI is InChI=1S/C16H21N3/c1-4-6-12-7-5-8-13(9-12)15-14(11(2)3)16(17)19-10-18-15/h5,7-11H,4,6H2,1-3H3,(H2,17,18,19). The summed E-state index contributed by atoms with van der Waals surface area (Å²) in [6.07, 6.45) is 3.78. The third kappa shape index (κ3) is 2.92. The summed E-state index contributed by atoms with van der Waals surface area (Å²) in [5, 5.41) is 0. The van der Waals surface area contributed by atoms with Crippen LogP contribution in [0, 0.1) is 0 Å². The van der Waals surface area contributed by atoms with Gasteiger partial charge < -0.3 is 5.73 Å². The third-order valence-electron chi connectivity index (χ3n) is 3.23. The zero-order valence-corrected chi connectivity index (χ0v) is 11.9. The van der Waals surface area contributed by atoms with Crippen LogP contribution in [0.1, 0.15) is 44.2 Å². The fraction of sp³-hybridized carbons (Fsp3) is 0.375. The first-order valence-electron chi connectivity index (χ1n) is 6.83. The molecule has 2 aromatic rings. The monoisotopic (exact) mass is 255 g/mol. The van der Waals surface area contributed by atoms with Gasteiger partial charge in [-0.3, -0.25) is 0 Å². The third-order valence-corrected chi connectivity index (χ3v) is 3.23. The lowest BCUT2D eigenvalue weighted by molar-refractivity contribution is 0.854. The van der Waals surface area contributed by atoms with Gasteiger partial charge in [0.15, 0.2) is 0 Å². The second kappa shape index (κ2) is 5.83. The molecule has 0 aliphatic carbocycles. The predicted molar refractivity (Wildman–Crippen MR) is 80.0 cm³/mol. The van der Waals surface area contributed by atoms with Crippen molar-refractivity contribution in [2.45, 2.75) is 39.5 Å². The predicted octanol–water partition coefficient (Wildman–Crippen LogP) is 3.80. The normalized spacial score (nSPS) is 10.9. The van der Waals surface area contributed by atoms with E-state index in [1.165, 1.54) is 5.56 Å². The Morgan fingerprint density at radius 2 is 2.00 bits per heavy atom. The Balaban J connectivity index is 2.52. The van der Waals surface area contributed by atoms with Gasteiger partial charge in [0.05, 0.1) is 5.69 Å².